The molecule has 1 aliphatic carbocycles. The third-order valence-corrected chi connectivity index (χ3v) is 7.58. The lowest BCUT2D eigenvalue weighted by Crippen LogP contribution is -2.55. The van der Waals surface area contributed by atoms with Crippen LogP contribution in [0.4, 0.5) is 4.79 Å². The normalized spacial score (nSPS) is 25.4. The molecule has 2 aromatic carbocycles. The number of benzene rings is 2. The fourth-order valence-corrected chi connectivity index (χ4v) is 6.30. The zero-order chi connectivity index (χ0) is 24.1. The smallest absolute Gasteiger partial charge is 0.443 e. The molecular weight excluding hydrogens is 459 g/mol. The van der Waals surface area contributed by atoms with Crippen molar-refractivity contribution in [2.24, 2.45) is 16.3 Å². The Morgan fingerprint density at radius 2 is 1.56 bits per heavy atom. The van der Waals surface area contributed by atoms with Crippen LogP contribution in [0.1, 0.15) is 27.2 Å². The minimum absolute atomic E-state index is 0.324. The van der Waals surface area contributed by atoms with Crippen LogP contribution in [0.2, 0.25) is 0 Å². The van der Waals surface area contributed by atoms with Crippen molar-refractivity contribution in [2.45, 2.75) is 50.9 Å². The average Bonchev–Trinajstić information content (AvgIpc) is 3.44. The summed E-state index contributed by atoms with van der Waals surface area (Å²) >= 11 is 0. The van der Waals surface area contributed by atoms with Crippen LogP contribution in [0, 0.1) is 5.92 Å². The standard InChI is InChI=1S/C23H25N4O6P/c1-23(2,3)31-22(29)26-18-14-17(21(26)28)20-19(18)24-25-27(20)34(30,32-15-10-6-4-7-11-15)33-16-12-8-5-9-13-16/h4-13,17-20H,14H2,1-3H3. The summed E-state index contributed by atoms with van der Waals surface area (Å²) in [5.74, 6) is -0.399. The Balaban J connectivity index is 1.44. The minimum Gasteiger partial charge on any atom is -0.443 e. The van der Waals surface area contributed by atoms with Crippen molar-refractivity contribution in [1.82, 2.24) is 9.68 Å². The highest BCUT2D eigenvalue weighted by molar-refractivity contribution is 7.52. The summed E-state index contributed by atoms with van der Waals surface area (Å²) in [7, 11) is -4.13. The van der Waals surface area contributed by atoms with Gasteiger partial charge >= 0.3 is 13.8 Å². The van der Waals surface area contributed by atoms with Crippen molar-refractivity contribution in [1.29, 1.82) is 0 Å². The van der Waals surface area contributed by atoms with Crippen LogP contribution in [0.25, 0.3) is 0 Å². The summed E-state index contributed by atoms with van der Waals surface area (Å²) in [6, 6.07) is 15.5. The van der Waals surface area contributed by atoms with Gasteiger partial charge in [-0.3, -0.25) is 4.79 Å². The molecule has 2 heterocycles. The quantitative estimate of drug-likeness (QED) is 0.559. The predicted octanol–water partition coefficient (Wildman–Crippen LogP) is 4.84. The Bertz CT molecular complexity index is 1120. The van der Waals surface area contributed by atoms with Crippen molar-refractivity contribution in [3.63, 3.8) is 0 Å². The highest BCUT2D eigenvalue weighted by Crippen LogP contribution is 2.60. The van der Waals surface area contributed by atoms with Gasteiger partial charge in [-0.05, 0) is 51.5 Å². The Morgan fingerprint density at radius 3 is 2.09 bits per heavy atom. The molecule has 4 unspecified atom stereocenters. The molecule has 0 radical (unpaired) electrons. The van der Waals surface area contributed by atoms with Crippen molar-refractivity contribution >= 4 is 19.7 Å². The third kappa shape index (κ3) is 3.92. The predicted molar refractivity (Wildman–Crippen MR) is 121 cm³/mol. The maximum atomic E-state index is 14.2. The van der Waals surface area contributed by atoms with Gasteiger partial charge in [0.25, 0.3) is 0 Å². The van der Waals surface area contributed by atoms with E-state index in [4.69, 9.17) is 13.8 Å². The van der Waals surface area contributed by atoms with E-state index in [2.05, 4.69) is 10.3 Å². The van der Waals surface area contributed by atoms with Gasteiger partial charge in [-0.1, -0.05) is 41.6 Å². The lowest BCUT2D eigenvalue weighted by atomic mass is 10.00. The van der Waals surface area contributed by atoms with Crippen LogP contribution in [-0.2, 0) is 14.1 Å². The molecule has 2 fully saturated rings. The first kappa shape index (κ1) is 22.4. The van der Waals surface area contributed by atoms with Gasteiger partial charge in [0.1, 0.15) is 29.2 Å². The Kier molecular flexibility index (Phi) is 5.36. The highest BCUT2D eigenvalue weighted by atomic mass is 31.2. The zero-order valence-corrected chi connectivity index (χ0v) is 19.9. The first-order chi connectivity index (χ1) is 16.2. The number of amides is 2. The number of hydrogen-bond donors (Lipinski definition) is 0. The summed E-state index contributed by atoms with van der Waals surface area (Å²) < 4.78 is 32.5. The molecule has 10 nitrogen and oxygen atoms in total. The number of nitrogens with zero attached hydrogens (tertiary/aromatic N) is 4. The highest BCUT2D eigenvalue weighted by Gasteiger charge is 2.67. The number of carbonyl (C=O) groups excluding carboxylic acids is 2. The molecule has 178 valence electrons. The van der Waals surface area contributed by atoms with Crippen molar-refractivity contribution in [2.75, 3.05) is 0 Å². The van der Waals surface area contributed by atoms with Gasteiger partial charge in [0, 0.05) is 0 Å². The van der Waals surface area contributed by atoms with Crippen LogP contribution >= 0.6 is 7.75 Å². The monoisotopic (exact) mass is 484 g/mol. The van der Waals surface area contributed by atoms with E-state index >= 15 is 0 Å². The van der Waals surface area contributed by atoms with Gasteiger partial charge in [0.2, 0.25) is 5.91 Å². The summed E-state index contributed by atoms with van der Waals surface area (Å²) in [6.45, 7) is 5.21. The fraction of sp³-hybridized carbons (Fsp3) is 0.391. The number of piperidine rings is 1. The van der Waals surface area contributed by atoms with E-state index in [0.29, 0.717) is 17.9 Å². The van der Waals surface area contributed by atoms with Gasteiger partial charge < -0.3 is 13.8 Å². The maximum Gasteiger partial charge on any atom is 0.561 e. The SMILES string of the molecule is CC(C)(C)OC(=O)N1C(=O)C2CC1C1N=NN(P(=O)(Oc3ccccc3)Oc3ccccc3)C21. The average molecular weight is 484 g/mol. The van der Waals surface area contributed by atoms with Gasteiger partial charge in [-0.2, -0.15) is 9.89 Å². The van der Waals surface area contributed by atoms with E-state index in [0.717, 1.165) is 4.90 Å². The number of carbonyl (C=O) groups is 2. The number of para-hydroxylation sites is 2. The summed E-state index contributed by atoms with van der Waals surface area (Å²) in [4.78, 5) is 27.0. The van der Waals surface area contributed by atoms with E-state index in [1.165, 1.54) is 4.78 Å². The van der Waals surface area contributed by atoms with E-state index in [-0.39, 0.29) is 0 Å². The summed E-state index contributed by atoms with van der Waals surface area (Å²) in [5, 5.41) is 8.43. The van der Waals surface area contributed by atoms with E-state index in [9.17, 15) is 14.2 Å². The second-order valence-corrected chi connectivity index (χ2v) is 11.1. The lowest BCUT2D eigenvalue weighted by Gasteiger charge is -2.36. The molecule has 11 heteroatoms. The largest absolute Gasteiger partial charge is 0.561 e. The number of fused-ring (bicyclic) bond motifs is 5. The van der Waals surface area contributed by atoms with E-state index in [1.54, 1.807) is 81.4 Å². The second kappa shape index (κ2) is 8.13. The number of rotatable bonds is 5. The summed E-state index contributed by atoms with van der Waals surface area (Å²) in [6.07, 6.45) is -0.332. The molecule has 1 saturated heterocycles. The van der Waals surface area contributed by atoms with Crippen molar-refractivity contribution in [3.05, 3.63) is 60.7 Å². The Hall–Kier alpha value is -3.39. The minimum atomic E-state index is -4.13. The molecule has 2 amide bonds. The second-order valence-electron chi connectivity index (χ2n) is 9.38. The zero-order valence-electron chi connectivity index (χ0n) is 19.0. The van der Waals surface area contributed by atoms with Crippen LogP contribution < -0.4 is 9.05 Å². The van der Waals surface area contributed by atoms with Gasteiger partial charge in [0.15, 0.2) is 0 Å². The van der Waals surface area contributed by atoms with Crippen molar-refractivity contribution < 1.29 is 27.9 Å². The molecule has 34 heavy (non-hydrogen) atoms. The first-order valence-electron chi connectivity index (χ1n) is 11.0. The molecular formula is C23H25N4O6P. The molecule has 2 bridgehead atoms. The van der Waals surface area contributed by atoms with Crippen LogP contribution in [0.5, 0.6) is 11.5 Å². The molecule has 2 aromatic rings. The van der Waals surface area contributed by atoms with Crippen LogP contribution in [0.15, 0.2) is 71.0 Å². The van der Waals surface area contributed by atoms with Gasteiger partial charge in [-0.15, -0.1) is 0 Å². The molecule has 0 spiro atoms. The molecule has 1 saturated carbocycles. The van der Waals surface area contributed by atoms with Crippen molar-refractivity contribution in [3.8, 4) is 11.5 Å². The molecule has 0 N–H and O–H groups in total. The fourth-order valence-electron chi connectivity index (χ4n) is 4.55. The third-order valence-electron chi connectivity index (χ3n) is 5.85. The van der Waals surface area contributed by atoms with Crippen LogP contribution in [-0.4, -0.2) is 45.4 Å². The number of likely N-dealkylation sites (tertiary alicyclic amines) is 1. The molecule has 4 atom stereocenters. The number of ether oxygens (including phenoxy) is 1. The molecule has 3 aliphatic rings. The van der Waals surface area contributed by atoms with Crippen LogP contribution in [0.3, 0.4) is 0 Å². The maximum absolute atomic E-state index is 14.2. The Morgan fingerprint density at radius 1 is 1.00 bits per heavy atom. The van der Waals surface area contributed by atoms with Gasteiger partial charge in [-0.25, -0.2) is 14.3 Å². The molecule has 5 rings (SSSR count). The summed E-state index contributed by atoms with van der Waals surface area (Å²) in [5.41, 5.74) is -0.745. The van der Waals surface area contributed by atoms with E-state index in [1.807, 2.05) is 0 Å². The molecule has 2 aliphatic heterocycles. The Labute approximate surface area is 197 Å². The number of imide groups is 1. The van der Waals surface area contributed by atoms with Gasteiger partial charge in [0.05, 0.1) is 12.0 Å². The topological polar surface area (TPSA) is 110 Å². The first-order valence-corrected chi connectivity index (χ1v) is 12.5. The molecule has 0 aromatic heterocycles. The number of hydrogen-bond acceptors (Lipinski definition) is 8. The lowest BCUT2D eigenvalue weighted by molar-refractivity contribution is -0.135. The van der Waals surface area contributed by atoms with E-state index < -0.39 is 49.4 Å².